The Morgan fingerprint density at radius 1 is 1.38 bits per heavy atom. The molecule has 1 aromatic heterocycles. The fourth-order valence-corrected chi connectivity index (χ4v) is 2.38. The molecular formula is C15H13FN2O2S. The molecule has 1 heterocycles. The second kappa shape index (κ2) is 5.37. The maximum Gasteiger partial charge on any atom is 0.337 e. The number of rotatable bonds is 3. The molecule has 2 aromatic rings. The van der Waals surface area contributed by atoms with Gasteiger partial charge in [-0.2, -0.15) is 0 Å². The summed E-state index contributed by atoms with van der Waals surface area (Å²) in [6.45, 7) is 0. The third-order valence-electron chi connectivity index (χ3n) is 3.36. The average molecular weight is 304 g/mol. The Morgan fingerprint density at radius 3 is 2.81 bits per heavy atom. The van der Waals surface area contributed by atoms with Gasteiger partial charge < -0.3 is 9.72 Å². The zero-order chi connectivity index (χ0) is 15.0. The molecule has 0 atom stereocenters. The van der Waals surface area contributed by atoms with Crippen molar-refractivity contribution in [2.75, 3.05) is 7.11 Å². The van der Waals surface area contributed by atoms with E-state index >= 15 is 0 Å². The van der Waals surface area contributed by atoms with Crippen molar-refractivity contribution < 1.29 is 13.9 Å². The van der Waals surface area contributed by atoms with Crippen LogP contribution in [-0.2, 0) is 4.74 Å². The normalized spacial score (nSPS) is 14.0. The second-order valence-electron chi connectivity index (χ2n) is 5.01. The molecule has 1 aromatic carbocycles. The lowest BCUT2D eigenvalue weighted by Crippen LogP contribution is -2.03. The van der Waals surface area contributed by atoms with Gasteiger partial charge in [0.25, 0.3) is 0 Å². The molecule has 0 unspecified atom stereocenters. The molecular weight excluding hydrogens is 291 g/mol. The SMILES string of the molecule is COC(=O)c1cc(F)cc(-c2cc(=S)nc(C3CC3)[nH]2)c1. The van der Waals surface area contributed by atoms with E-state index in [1.165, 1.54) is 13.2 Å². The zero-order valence-electron chi connectivity index (χ0n) is 11.4. The summed E-state index contributed by atoms with van der Waals surface area (Å²) in [4.78, 5) is 19.0. The van der Waals surface area contributed by atoms with Gasteiger partial charge >= 0.3 is 5.97 Å². The monoisotopic (exact) mass is 304 g/mol. The number of nitrogens with one attached hydrogen (secondary N) is 1. The summed E-state index contributed by atoms with van der Waals surface area (Å²) < 4.78 is 18.8. The van der Waals surface area contributed by atoms with Gasteiger partial charge in [-0.05, 0) is 37.1 Å². The third-order valence-corrected chi connectivity index (χ3v) is 3.56. The quantitative estimate of drug-likeness (QED) is 0.695. The number of halogens is 1. The van der Waals surface area contributed by atoms with E-state index in [-0.39, 0.29) is 5.56 Å². The van der Waals surface area contributed by atoms with E-state index in [1.807, 2.05) is 0 Å². The Morgan fingerprint density at radius 2 is 2.14 bits per heavy atom. The molecule has 0 bridgehead atoms. The molecule has 1 fully saturated rings. The van der Waals surface area contributed by atoms with Gasteiger partial charge in [-0.25, -0.2) is 14.2 Å². The Kier molecular flexibility index (Phi) is 3.55. The summed E-state index contributed by atoms with van der Waals surface area (Å²) in [7, 11) is 1.26. The van der Waals surface area contributed by atoms with E-state index in [4.69, 9.17) is 12.2 Å². The highest BCUT2D eigenvalue weighted by atomic mass is 32.1. The van der Waals surface area contributed by atoms with Crippen molar-refractivity contribution in [1.29, 1.82) is 0 Å². The lowest BCUT2D eigenvalue weighted by atomic mass is 10.1. The fourth-order valence-electron chi connectivity index (χ4n) is 2.16. The van der Waals surface area contributed by atoms with Crippen molar-refractivity contribution in [2.45, 2.75) is 18.8 Å². The van der Waals surface area contributed by atoms with Crippen molar-refractivity contribution in [3.8, 4) is 11.3 Å². The van der Waals surface area contributed by atoms with Gasteiger partial charge in [0.2, 0.25) is 0 Å². The van der Waals surface area contributed by atoms with Gasteiger partial charge in [0.15, 0.2) is 0 Å². The van der Waals surface area contributed by atoms with E-state index in [2.05, 4.69) is 14.7 Å². The molecule has 6 heteroatoms. The number of carbonyl (C=O) groups is 1. The number of aromatic nitrogens is 2. The van der Waals surface area contributed by atoms with Crippen LogP contribution in [0.3, 0.4) is 0 Å². The maximum atomic E-state index is 13.7. The largest absolute Gasteiger partial charge is 0.465 e. The zero-order valence-corrected chi connectivity index (χ0v) is 12.2. The third kappa shape index (κ3) is 3.00. The van der Waals surface area contributed by atoms with Crippen molar-refractivity contribution >= 4 is 18.2 Å². The highest BCUT2D eigenvalue weighted by Gasteiger charge is 2.26. The first kappa shape index (κ1) is 13.9. The molecule has 108 valence electrons. The summed E-state index contributed by atoms with van der Waals surface area (Å²) in [5, 5.41) is 0. The number of methoxy groups -OCH3 is 1. The maximum absolute atomic E-state index is 13.7. The Bertz CT molecular complexity index is 769. The average Bonchev–Trinajstić information content (AvgIpc) is 3.29. The summed E-state index contributed by atoms with van der Waals surface area (Å²) in [6.07, 6.45) is 2.16. The van der Waals surface area contributed by atoms with Crippen LogP contribution < -0.4 is 0 Å². The summed E-state index contributed by atoms with van der Waals surface area (Å²) in [5.74, 6) is 0.143. The molecule has 1 aliphatic rings. The number of nitrogens with zero attached hydrogens (tertiary/aromatic N) is 1. The van der Waals surface area contributed by atoms with E-state index in [9.17, 15) is 9.18 Å². The van der Waals surface area contributed by atoms with Crippen LogP contribution in [0.15, 0.2) is 24.3 Å². The van der Waals surface area contributed by atoms with Crippen molar-refractivity contribution in [2.24, 2.45) is 0 Å². The minimum Gasteiger partial charge on any atom is -0.465 e. The van der Waals surface area contributed by atoms with Gasteiger partial charge in [0.1, 0.15) is 16.3 Å². The standard InChI is InChI=1S/C15H13FN2O2S/c1-20-15(19)10-4-9(5-11(16)6-10)12-7-13(21)18-14(17-12)8-2-3-8/h4-8H,2-3H2,1H3,(H,17,18,21). The summed E-state index contributed by atoms with van der Waals surface area (Å²) in [5.41, 5.74) is 1.36. The molecule has 0 saturated heterocycles. The minimum atomic E-state index is -0.578. The highest BCUT2D eigenvalue weighted by molar-refractivity contribution is 7.71. The number of esters is 1. The molecule has 0 spiro atoms. The first-order valence-electron chi connectivity index (χ1n) is 6.57. The lowest BCUT2D eigenvalue weighted by Gasteiger charge is -2.07. The van der Waals surface area contributed by atoms with Gasteiger partial charge in [-0.15, -0.1) is 0 Å². The minimum absolute atomic E-state index is 0.164. The van der Waals surface area contributed by atoms with Crippen LogP contribution in [0.5, 0.6) is 0 Å². The van der Waals surface area contributed by atoms with E-state index in [0.717, 1.165) is 24.7 Å². The number of carbonyl (C=O) groups excluding carboxylic acids is 1. The first-order valence-corrected chi connectivity index (χ1v) is 6.98. The number of ether oxygens (including phenoxy) is 1. The lowest BCUT2D eigenvalue weighted by molar-refractivity contribution is 0.0600. The Labute approximate surface area is 126 Å². The molecule has 0 aliphatic heterocycles. The second-order valence-corrected chi connectivity index (χ2v) is 5.43. The number of hydrogen-bond donors (Lipinski definition) is 1. The topological polar surface area (TPSA) is 55.0 Å². The molecule has 1 aliphatic carbocycles. The van der Waals surface area contributed by atoms with E-state index in [0.29, 0.717) is 21.8 Å². The van der Waals surface area contributed by atoms with Gasteiger partial charge in [0, 0.05) is 17.2 Å². The predicted octanol–water partition coefficient (Wildman–Crippen LogP) is 3.61. The van der Waals surface area contributed by atoms with Crippen LogP contribution >= 0.6 is 12.2 Å². The van der Waals surface area contributed by atoms with E-state index in [1.54, 1.807) is 12.1 Å². The van der Waals surface area contributed by atoms with Gasteiger partial charge in [0.05, 0.1) is 12.7 Å². The van der Waals surface area contributed by atoms with Gasteiger partial charge in [-0.1, -0.05) is 12.2 Å². The summed E-state index contributed by atoms with van der Waals surface area (Å²) >= 11 is 5.16. The van der Waals surface area contributed by atoms with Crippen LogP contribution in [0.25, 0.3) is 11.3 Å². The molecule has 3 rings (SSSR count). The molecule has 0 amide bonds. The Hall–Kier alpha value is -2.08. The first-order chi connectivity index (χ1) is 10.1. The number of hydrogen-bond acceptors (Lipinski definition) is 4. The fraction of sp³-hybridized carbons (Fsp3) is 0.267. The van der Waals surface area contributed by atoms with Gasteiger partial charge in [-0.3, -0.25) is 0 Å². The number of benzene rings is 1. The van der Waals surface area contributed by atoms with Crippen LogP contribution in [-0.4, -0.2) is 23.0 Å². The molecule has 4 nitrogen and oxygen atoms in total. The summed E-state index contributed by atoms with van der Waals surface area (Å²) in [6, 6.07) is 5.74. The van der Waals surface area contributed by atoms with Crippen LogP contribution in [0.4, 0.5) is 4.39 Å². The van der Waals surface area contributed by atoms with Crippen LogP contribution in [0, 0.1) is 10.5 Å². The number of aromatic amines is 1. The highest BCUT2D eigenvalue weighted by Crippen LogP contribution is 2.38. The van der Waals surface area contributed by atoms with E-state index < -0.39 is 11.8 Å². The van der Waals surface area contributed by atoms with Crippen molar-refractivity contribution in [3.05, 3.63) is 46.1 Å². The van der Waals surface area contributed by atoms with Crippen molar-refractivity contribution in [3.63, 3.8) is 0 Å². The molecule has 1 N–H and O–H groups in total. The number of H-pyrrole nitrogens is 1. The molecule has 21 heavy (non-hydrogen) atoms. The molecule has 1 saturated carbocycles. The van der Waals surface area contributed by atoms with Crippen LogP contribution in [0.2, 0.25) is 0 Å². The Balaban J connectivity index is 2.09. The van der Waals surface area contributed by atoms with Crippen molar-refractivity contribution in [1.82, 2.24) is 9.97 Å². The predicted molar refractivity (Wildman–Crippen MR) is 78.1 cm³/mol. The molecule has 0 radical (unpaired) electrons. The van der Waals surface area contributed by atoms with Crippen LogP contribution in [0.1, 0.15) is 34.9 Å². The smallest absolute Gasteiger partial charge is 0.337 e.